The summed E-state index contributed by atoms with van der Waals surface area (Å²) < 4.78 is 0. The number of anilines is 1. The van der Waals surface area contributed by atoms with Crippen LogP contribution in [0.15, 0.2) is 24.4 Å². The number of hydrogen-bond acceptors (Lipinski definition) is 4. The van der Waals surface area contributed by atoms with Crippen molar-refractivity contribution in [2.24, 2.45) is 0 Å². The number of rotatable bonds is 2. The Balaban J connectivity index is 1.50. The Hall–Kier alpha value is -2.71. The molecule has 0 bridgehead atoms. The lowest BCUT2D eigenvalue weighted by molar-refractivity contribution is -0.120. The van der Waals surface area contributed by atoms with Crippen LogP contribution >= 0.6 is 0 Å². The van der Waals surface area contributed by atoms with Gasteiger partial charge in [0.1, 0.15) is 6.07 Å². The number of nitriles is 1. The Kier molecular flexibility index (Phi) is 4.67. The van der Waals surface area contributed by atoms with Gasteiger partial charge < -0.3 is 4.90 Å². The summed E-state index contributed by atoms with van der Waals surface area (Å²) in [6.07, 6.45) is 4.71. The van der Waals surface area contributed by atoms with Gasteiger partial charge in [-0.1, -0.05) is 17.7 Å². The first-order valence-corrected chi connectivity index (χ1v) is 9.56. The van der Waals surface area contributed by atoms with E-state index in [1.807, 2.05) is 18.0 Å². The summed E-state index contributed by atoms with van der Waals surface area (Å²) in [5.41, 5.74) is 7.26. The number of nitrogens with zero attached hydrogens (tertiary/aromatic N) is 4. The molecule has 2 aliphatic rings. The highest BCUT2D eigenvalue weighted by molar-refractivity contribution is 5.96. The molecule has 5 nitrogen and oxygen atoms in total. The zero-order chi connectivity index (χ0) is 19.0. The molecule has 3 heterocycles. The summed E-state index contributed by atoms with van der Waals surface area (Å²) in [6.45, 7) is 6.64. The van der Waals surface area contributed by atoms with Gasteiger partial charge in [-0.3, -0.25) is 14.7 Å². The topological polar surface area (TPSA) is 60.2 Å². The predicted molar refractivity (Wildman–Crippen MR) is 105 cm³/mol. The van der Waals surface area contributed by atoms with E-state index >= 15 is 0 Å². The maximum Gasteiger partial charge on any atom is 0.241 e. The lowest BCUT2D eigenvalue weighted by Gasteiger charge is -2.34. The Bertz CT molecular complexity index is 944. The van der Waals surface area contributed by atoms with E-state index in [4.69, 9.17) is 0 Å². The van der Waals surface area contributed by atoms with Gasteiger partial charge >= 0.3 is 0 Å². The van der Waals surface area contributed by atoms with Crippen molar-refractivity contribution in [1.29, 1.82) is 5.26 Å². The van der Waals surface area contributed by atoms with Gasteiger partial charge in [0.25, 0.3) is 0 Å². The molecule has 1 aromatic carbocycles. The summed E-state index contributed by atoms with van der Waals surface area (Å²) in [5, 5.41) is 9.40. The highest BCUT2D eigenvalue weighted by atomic mass is 16.2. The van der Waals surface area contributed by atoms with Crippen molar-refractivity contribution in [2.75, 3.05) is 24.5 Å². The van der Waals surface area contributed by atoms with Gasteiger partial charge in [0.15, 0.2) is 0 Å². The first-order chi connectivity index (χ1) is 13.1. The molecule has 0 radical (unpaired) electrons. The van der Waals surface area contributed by atoms with Gasteiger partial charge in [0.2, 0.25) is 5.91 Å². The fraction of sp³-hybridized carbons (Fsp3) is 0.409. The van der Waals surface area contributed by atoms with E-state index in [-0.39, 0.29) is 5.91 Å². The van der Waals surface area contributed by atoms with Crippen LogP contribution in [0.1, 0.15) is 39.9 Å². The van der Waals surface area contributed by atoms with Gasteiger partial charge in [0, 0.05) is 31.5 Å². The largest absolute Gasteiger partial charge is 0.311 e. The van der Waals surface area contributed by atoms with E-state index in [9.17, 15) is 10.1 Å². The third kappa shape index (κ3) is 3.33. The second kappa shape index (κ2) is 7.13. The Labute approximate surface area is 160 Å². The van der Waals surface area contributed by atoms with Crippen LogP contribution < -0.4 is 4.90 Å². The fourth-order valence-electron chi connectivity index (χ4n) is 4.25. The van der Waals surface area contributed by atoms with Gasteiger partial charge in [-0.25, -0.2) is 0 Å². The number of aryl methyl sites for hydroxylation is 3. The molecule has 0 N–H and O–H groups in total. The molecule has 1 aromatic heterocycles. The van der Waals surface area contributed by atoms with Gasteiger partial charge in [-0.15, -0.1) is 0 Å². The molecule has 0 saturated carbocycles. The average Bonchev–Trinajstić information content (AvgIpc) is 2.67. The average molecular weight is 360 g/mol. The molecule has 0 fully saturated rings. The summed E-state index contributed by atoms with van der Waals surface area (Å²) >= 11 is 0. The van der Waals surface area contributed by atoms with Crippen LogP contribution in [0.5, 0.6) is 0 Å². The van der Waals surface area contributed by atoms with Gasteiger partial charge in [-0.2, -0.15) is 5.26 Å². The first-order valence-electron chi connectivity index (χ1n) is 9.56. The number of carbonyl (C=O) groups is 1. The Morgan fingerprint density at radius 1 is 1.22 bits per heavy atom. The molecule has 0 atom stereocenters. The van der Waals surface area contributed by atoms with E-state index in [1.54, 1.807) is 0 Å². The SMILES string of the molecule is Cc1ccc2c(c1)CCCN2C(=O)CN1CCc2c(cnc(C)c2C#N)C1. The maximum atomic E-state index is 13.0. The monoisotopic (exact) mass is 360 g/mol. The van der Waals surface area contributed by atoms with Crippen molar-refractivity contribution in [3.8, 4) is 6.07 Å². The number of pyridine rings is 1. The standard InChI is InChI=1S/C22H24N4O/c1-15-5-6-21-17(10-15)4-3-8-26(21)22(27)14-25-9-7-19-18(13-25)12-24-16(2)20(19)11-23/h5-6,10,12H,3-4,7-9,13-14H2,1-2H3. The Morgan fingerprint density at radius 3 is 2.89 bits per heavy atom. The first kappa shape index (κ1) is 17.7. The number of carbonyl (C=O) groups excluding carboxylic acids is 1. The van der Waals surface area contributed by atoms with Crippen LogP contribution in [0, 0.1) is 25.2 Å². The highest BCUT2D eigenvalue weighted by Crippen LogP contribution is 2.29. The third-order valence-electron chi connectivity index (χ3n) is 5.66. The van der Waals surface area contributed by atoms with Crippen LogP contribution in [0.25, 0.3) is 0 Å². The number of fused-ring (bicyclic) bond motifs is 2. The molecule has 2 aliphatic heterocycles. The summed E-state index contributed by atoms with van der Waals surface area (Å²) in [7, 11) is 0. The van der Waals surface area contributed by atoms with Crippen molar-refractivity contribution in [3.05, 3.63) is 57.9 Å². The third-order valence-corrected chi connectivity index (χ3v) is 5.66. The van der Waals surface area contributed by atoms with Crippen molar-refractivity contribution in [3.63, 3.8) is 0 Å². The number of hydrogen-bond donors (Lipinski definition) is 0. The van der Waals surface area contributed by atoms with Gasteiger partial charge in [-0.05, 0) is 55.9 Å². The molecular formula is C22H24N4O. The molecule has 4 rings (SSSR count). The fourth-order valence-corrected chi connectivity index (χ4v) is 4.25. The minimum atomic E-state index is 0.156. The summed E-state index contributed by atoms with van der Waals surface area (Å²) in [5.74, 6) is 0.156. The second-order valence-electron chi connectivity index (χ2n) is 7.58. The van der Waals surface area contributed by atoms with Crippen molar-refractivity contribution < 1.29 is 4.79 Å². The second-order valence-corrected chi connectivity index (χ2v) is 7.58. The number of benzene rings is 1. The maximum absolute atomic E-state index is 13.0. The summed E-state index contributed by atoms with van der Waals surface area (Å²) in [4.78, 5) is 21.5. The predicted octanol–water partition coefficient (Wildman–Crippen LogP) is 2.91. The van der Waals surface area contributed by atoms with Crippen LogP contribution in [0.3, 0.4) is 0 Å². The van der Waals surface area contributed by atoms with E-state index in [1.165, 1.54) is 11.1 Å². The molecule has 27 heavy (non-hydrogen) atoms. The molecule has 0 unspecified atom stereocenters. The van der Waals surface area contributed by atoms with Gasteiger partial charge in [0.05, 0.1) is 17.8 Å². The van der Waals surface area contributed by atoms with Crippen LogP contribution in [0.2, 0.25) is 0 Å². The number of aromatic nitrogens is 1. The molecule has 138 valence electrons. The quantitative estimate of drug-likeness (QED) is 0.826. The van der Waals surface area contributed by atoms with Crippen molar-refractivity contribution in [1.82, 2.24) is 9.88 Å². The minimum Gasteiger partial charge on any atom is -0.311 e. The molecule has 0 spiro atoms. The van der Waals surface area contributed by atoms with Crippen LogP contribution in [-0.4, -0.2) is 35.4 Å². The van der Waals surface area contributed by atoms with E-state index in [0.29, 0.717) is 18.7 Å². The normalized spacial score (nSPS) is 16.4. The van der Waals surface area contributed by atoms with E-state index in [2.05, 4.69) is 41.1 Å². The Morgan fingerprint density at radius 2 is 2.07 bits per heavy atom. The van der Waals surface area contributed by atoms with E-state index in [0.717, 1.165) is 54.9 Å². The zero-order valence-corrected chi connectivity index (χ0v) is 16.0. The molecular weight excluding hydrogens is 336 g/mol. The molecule has 0 aliphatic carbocycles. The van der Waals surface area contributed by atoms with Crippen molar-refractivity contribution in [2.45, 2.75) is 39.7 Å². The molecule has 2 aromatic rings. The molecule has 5 heteroatoms. The lowest BCUT2D eigenvalue weighted by Crippen LogP contribution is -2.44. The van der Waals surface area contributed by atoms with Crippen LogP contribution in [-0.2, 0) is 24.2 Å². The minimum absolute atomic E-state index is 0.156. The van der Waals surface area contributed by atoms with E-state index < -0.39 is 0 Å². The molecule has 0 saturated heterocycles. The zero-order valence-electron chi connectivity index (χ0n) is 16.0. The van der Waals surface area contributed by atoms with Crippen molar-refractivity contribution >= 4 is 11.6 Å². The van der Waals surface area contributed by atoms with Crippen LogP contribution in [0.4, 0.5) is 5.69 Å². The highest BCUT2D eigenvalue weighted by Gasteiger charge is 2.27. The lowest BCUT2D eigenvalue weighted by atomic mass is 9.95. The number of amides is 1. The molecule has 1 amide bonds. The summed E-state index contributed by atoms with van der Waals surface area (Å²) in [6, 6.07) is 8.65. The smallest absolute Gasteiger partial charge is 0.241 e.